The van der Waals surface area contributed by atoms with Crippen LogP contribution in [0.4, 0.5) is 11.6 Å². The zero-order valence-corrected chi connectivity index (χ0v) is 9.82. The third kappa shape index (κ3) is 2.32. The molecule has 1 aliphatic heterocycles. The summed E-state index contributed by atoms with van der Waals surface area (Å²) in [6.45, 7) is 4.00. The van der Waals surface area contributed by atoms with Gasteiger partial charge in [0.05, 0.1) is 0 Å². The molecule has 1 aromatic heterocycles. The number of nitrogens with two attached hydrogens (primary N) is 1. The molecule has 0 amide bonds. The Kier molecular flexibility index (Phi) is 2.82. The van der Waals surface area contributed by atoms with Crippen LogP contribution in [0.3, 0.4) is 0 Å². The molecule has 1 saturated heterocycles. The minimum Gasteiger partial charge on any atom is -0.354 e. The fraction of sp³-hybridized carbons (Fsp3) is 0.636. The smallest absolute Gasteiger partial charge is 0.145 e. The van der Waals surface area contributed by atoms with Gasteiger partial charge < -0.3 is 15.6 Å². The summed E-state index contributed by atoms with van der Waals surface area (Å²) in [4.78, 5) is 11.4. The average molecular weight is 234 g/mol. The number of hydrazine groups is 1. The Morgan fingerprint density at radius 3 is 2.71 bits per heavy atom. The van der Waals surface area contributed by atoms with Crippen LogP contribution >= 0.6 is 0 Å². The first-order valence-electron chi connectivity index (χ1n) is 6.18. The minimum atomic E-state index is 0.546. The highest BCUT2D eigenvalue weighted by Crippen LogP contribution is 2.39. The van der Waals surface area contributed by atoms with E-state index in [4.69, 9.17) is 5.84 Å². The van der Waals surface area contributed by atoms with E-state index in [0.717, 1.165) is 43.6 Å². The molecule has 0 atom stereocenters. The van der Waals surface area contributed by atoms with Crippen LogP contribution in [-0.4, -0.2) is 36.1 Å². The van der Waals surface area contributed by atoms with Crippen molar-refractivity contribution in [3.63, 3.8) is 0 Å². The van der Waals surface area contributed by atoms with Crippen molar-refractivity contribution >= 4 is 11.6 Å². The van der Waals surface area contributed by atoms with Crippen LogP contribution in [-0.2, 0) is 0 Å². The molecule has 17 heavy (non-hydrogen) atoms. The molecule has 0 radical (unpaired) electrons. The predicted octanol–water partition coefficient (Wildman–Crippen LogP) is 0.0492. The van der Waals surface area contributed by atoms with E-state index in [0.29, 0.717) is 5.92 Å². The summed E-state index contributed by atoms with van der Waals surface area (Å²) < 4.78 is 0. The van der Waals surface area contributed by atoms with Gasteiger partial charge in [0.2, 0.25) is 0 Å². The first-order valence-corrected chi connectivity index (χ1v) is 6.18. The first kappa shape index (κ1) is 10.7. The molecule has 0 unspecified atom stereocenters. The fourth-order valence-corrected chi connectivity index (χ4v) is 2.11. The zero-order chi connectivity index (χ0) is 11.7. The van der Waals surface area contributed by atoms with Crippen molar-refractivity contribution in [3.05, 3.63) is 11.9 Å². The molecule has 0 spiro atoms. The molecule has 1 aromatic rings. The standard InChI is InChI=1S/C11H18N6/c12-16-9-7-10(17-5-3-13-4-6-17)15-11(14-9)8-1-2-8/h7-8,13H,1-6,12H2,(H,14,15,16). The number of aromatic nitrogens is 2. The monoisotopic (exact) mass is 234 g/mol. The van der Waals surface area contributed by atoms with Gasteiger partial charge in [-0.2, -0.15) is 0 Å². The maximum atomic E-state index is 5.47. The number of hydrogen-bond acceptors (Lipinski definition) is 6. The lowest BCUT2D eigenvalue weighted by atomic mass is 10.3. The second-order valence-electron chi connectivity index (χ2n) is 4.63. The van der Waals surface area contributed by atoms with Crippen molar-refractivity contribution in [2.24, 2.45) is 5.84 Å². The van der Waals surface area contributed by atoms with Gasteiger partial charge in [0.15, 0.2) is 0 Å². The molecule has 2 fully saturated rings. The number of nitrogens with one attached hydrogen (secondary N) is 2. The van der Waals surface area contributed by atoms with Crippen molar-refractivity contribution in [1.82, 2.24) is 15.3 Å². The molecule has 0 aromatic carbocycles. The number of rotatable bonds is 3. The van der Waals surface area contributed by atoms with E-state index < -0.39 is 0 Å². The number of piperazine rings is 1. The normalized spacial score (nSPS) is 20.4. The Balaban J connectivity index is 1.88. The van der Waals surface area contributed by atoms with Gasteiger partial charge in [-0.15, -0.1) is 0 Å². The van der Waals surface area contributed by atoms with E-state index in [1.165, 1.54) is 12.8 Å². The van der Waals surface area contributed by atoms with Crippen LogP contribution in [0.25, 0.3) is 0 Å². The second kappa shape index (κ2) is 4.46. The van der Waals surface area contributed by atoms with Gasteiger partial charge in [0.1, 0.15) is 17.5 Å². The van der Waals surface area contributed by atoms with Crippen LogP contribution in [0.5, 0.6) is 0 Å². The highest BCUT2D eigenvalue weighted by molar-refractivity contribution is 5.49. The molecule has 6 heteroatoms. The molecule has 1 aliphatic carbocycles. The number of nitrogen functional groups attached to an aromatic ring is 1. The van der Waals surface area contributed by atoms with Gasteiger partial charge in [-0.25, -0.2) is 15.8 Å². The fourth-order valence-electron chi connectivity index (χ4n) is 2.11. The Labute approximate surface area is 101 Å². The van der Waals surface area contributed by atoms with Crippen LogP contribution in [0.2, 0.25) is 0 Å². The number of anilines is 2. The van der Waals surface area contributed by atoms with Gasteiger partial charge in [0, 0.05) is 38.2 Å². The van der Waals surface area contributed by atoms with Crippen molar-refractivity contribution in [1.29, 1.82) is 0 Å². The van der Waals surface area contributed by atoms with Crippen molar-refractivity contribution < 1.29 is 0 Å². The highest BCUT2D eigenvalue weighted by atomic mass is 15.3. The van der Waals surface area contributed by atoms with E-state index in [1.54, 1.807) is 0 Å². The summed E-state index contributed by atoms with van der Waals surface area (Å²) in [5, 5.41) is 3.34. The van der Waals surface area contributed by atoms with Gasteiger partial charge >= 0.3 is 0 Å². The average Bonchev–Trinajstić information content (AvgIpc) is 3.23. The Morgan fingerprint density at radius 1 is 1.29 bits per heavy atom. The van der Waals surface area contributed by atoms with E-state index in [-0.39, 0.29) is 0 Å². The minimum absolute atomic E-state index is 0.546. The van der Waals surface area contributed by atoms with Gasteiger partial charge in [0.25, 0.3) is 0 Å². The third-order valence-electron chi connectivity index (χ3n) is 3.26. The second-order valence-corrected chi connectivity index (χ2v) is 4.63. The van der Waals surface area contributed by atoms with Gasteiger partial charge in [-0.05, 0) is 12.8 Å². The Bertz CT molecular complexity index is 397. The highest BCUT2D eigenvalue weighted by Gasteiger charge is 2.28. The molecule has 6 nitrogen and oxygen atoms in total. The first-order chi connectivity index (χ1) is 8.36. The lowest BCUT2D eigenvalue weighted by Crippen LogP contribution is -2.44. The van der Waals surface area contributed by atoms with Gasteiger partial charge in [-0.1, -0.05) is 0 Å². The molecule has 2 aliphatic rings. The number of hydrogen-bond donors (Lipinski definition) is 3. The molecular formula is C11H18N6. The lowest BCUT2D eigenvalue weighted by Gasteiger charge is -2.28. The summed E-state index contributed by atoms with van der Waals surface area (Å²) in [6.07, 6.45) is 2.41. The maximum Gasteiger partial charge on any atom is 0.145 e. The quantitative estimate of drug-likeness (QED) is 0.506. The summed E-state index contributed by atoms with van der Waals surface area (Å²) in [5.74, 6) is 8.67. The van der Waals surface area contributed by atoms with Gasteiger partial charge in [-0.3, -0.25) is 0 Å². The molecule has 4 N–H and O–H groups in total. The molecule has 1 saturated carbocycles. The third-order valence-corrected chi connectivity index (χ3v) is 3.26. The van der Waals surface area contributed by atoms with Crippen LogP contribution in [0.1, 0.15) is 24.6 Å². The predicted molar refractivity (Wildman–Crippen MR) is 66.9 cm³/mol. The molecular weight excluding hydrogens is 216 g/mol. The van der Waals surface area contributed by atoms with Crippen LogP contribution in [0, 0.1) is 0 Å². The molecule has 92 valence electrons. The summed E-state index contributed by atoms with van der Waals surface area (Å²) in [6, 6.07) is 1.93. The summed E-state index contributed by atoms with van der Waals surface area (Å²) in [5.41, 5.74) is 2.64. The van der Waals surface area contributed by atoms with Crippen molar-refractivity contribution in [3.8, 4) is 0 Å². The van der Waals surface area contributed by atoms with Crippen LogP contribution in [0.15, 0.2) is 6.07 Å². The Hall–Kier alpha value is -1.40. The van der Waals surface area contributed by atoms with E-state index in [2.05, 4.69) is 25.6 Å². The van der Waals surface area contributed by atoms with Crippen molar-refractivity contribution in [2.45, 2.75) is 18.8 Å². The largest absolute Gasteiger partial charge is 0.354 e. The molecule has 3 rings (SSSR count). The van der Waals surface area contributed by atoms with E-state index >= 15 is 0 Å². The van der Waals surface area contributed by atoms with E-state index in [1.807, 2.05) is 6.07 Å². The SMILES string of the molecule is NNc1cc(N2CCNCC2)nc(C2CC2)n1. The topological polar surface area (TPSA) is 79.1 Å². The molecule has 0 bridgehead atoms. The van der Waals surface area contributed by atoms with E-state index in [9.17, 15) is 0 Å². The van der Waals surface area contributed by atoms with Crippen molar-refractivity contribution in [2.75, 3.05) is 36.5 Å². The summed E-state index contributed by atoms with van der Waals surface area (Å²) in [7, 11) is 0. The molecule has 2 heterocycles. The maximum absolute atomic E-state index is 5.47. The Morgan fingerprint density at radius 2 is 2.06 bits per heavy atom. The lowest BCUT2D eigenvalue weighted by molar-refractivity contribution is 0.583. The zero-order valence-electron chi connectivity index (χ0n) is 9.82. The summed E-state index contributed by atoms with van der Waals surface area (Å²) >= 11 is 0. The van der Waals surface area contributed by atoms with Crippen LogP contribution < -0.4 is 21.5 Å². The number of nitrogens with zero attached hydrogens (tertiary/aromatic N) is 3.